The number of thiophene rings is 1. The molecule has 2 fully saturated rings. The van der Waals surface area contributed by atoms with Gasteiger partial charge < -0.3 is 0 Å². The van der Waals surface area contributed by atoms with Gasteiger partial charge in [0.1, 0.15) is 14.0 Å². The first kappa shape index (κ1) is 17.6. The minimum absolute atomic E-state index is 0.240. The Balaban J connectivity index is 1.60. The summed E-state index contributed by atoms with van der Waals surface area (Å²) in [5, 5.41) is 0. The van der Waals surface area contributed by atoms with Gasteiger partial charge in [-0.05, 0) is 25.0 Å². The number of hydrogen-bond acceptors (Lipinski definition) is 6. The lowest BCUT2D eigenvalue weighted by Gasteiger charge is -2.39. The molecule has 0 saturated carbocycles. The van der Waals surface area contributed by atoms with E-state index in [1.165, 1.54) is 4.31 Å². The fraction of sp³-hybridized carbons (Fsp3) is 0.692. The van der Waals surface area contributed by atoms with Crippen LogP contribution in [0.25, 0.3) is 0 Å². The van der Waals surface area contributed by atoms with Crippen LogP contribution in [0, 0.1) is 0 Å². The summed E-state index contributed by atoms with van der Waals surface area (Å²) in [6.45, 7) is 2.15. The van der Waals surface area contributed by atoms with E-state index in [9.17, 15) is 16.8 Å². The Morgan fingerprint density at radius 3 is 2.22 bits per heavy atom. The third kappa shape index (κ3) is 3.91. The Bertz CT molecular complexity index is 753. The van der Waals surface area contributed by atoms with Crippen molar-refractivity contribution in [1.82, 2.24) is 9.21 Å². The van der Waals surface area contributed by atoms with Gasteiger partial charge in [0.25, 0.3) is 10.0 Å². The van der Waals surface area contributed by atoms with E-state index in [1.54, 1.807) is 12.1 Å². The summed E-state index contributed by atoms with van der Waals surface area (Å²) in [5.74, 6) is 0.480. The lowest BCUT2D eigenvalue weighted by molar-refractivity contribution is 0.129. The number of piperazine rings is 1. The van der Waals surface area contributed by atoms with E-state index < -0.39 is 19.9 Å². The van der Waals surface area contributed by atoms with Crippen LogP contribution in [0.4, 0.5) is 0 Å². The minimum Gasteiger partial charge on any atom is -0.298 e. The molecule has 6 nitrogen and oxygen atoms in total. The molecule has 0 bridgehead atoms. The van der Waals surface area contributed by atoms with Crippen molar-refractivity contribution in [1.29, 1.82) is 0 Å². The number of halogens is 1. The Labute approximate surface area is 146 Å². The van der Waals surface area contributed by atoms with E-state index in [1.807, 2.05) is 0 Å². The number of nitrogens with zero attached hydrogens (tertiary/aromatic N) is 2. The van der Waals surface area contributed by atoms with E-state index in [0.717, 1.165) is 11.3 Å². The molecule has 1 aromatic heterocycles. The van der Waals surface area contributed by atoms with Gasteiger partial charge in [0, 0.05) is 32.2 Å². The summed E-state index contributed by atoms with van der Waals surface area (Å²) in [5.41, 5.74) is 0. The molecular weight excluding hydrogens is 380 g/mol. The van der Waals surface area contributed by atoms with Crippen molar-refractivity contribution in [3.05, 3.63) is 16.5 Å². The molecule has 10 heteroatoms. The molecule has 2 aliphatic heterocycles. The molecule has 0 aliphatic carbocycles. The first-order valence-electron chi connectivity index (χ1n) is 7.48. The summed E-state index contributed by atoms with van der Waals surface area (Å²) in [6, 6.07) is 3.39. The minimum atomic E-state index is -3.47. The standard InChI is InChI=1S/C13H19ClN2O4S3/c14-12-1-2-13(21-12)23(19,20)16-7-5-15(6-8-16)11-3-9-22(17,18)10-4-11/h1-2,11H,3-10H2. The number of rotatable bonds is 3. The topological polar surface area (TPSA) is 74.8 Å². The highest BCUT2D eigenvalue weighted by Crippen LogP contribution is 2.29. The molecule has 0 atom stereocenters. The largest absolute Gasteiger partial charge is 0.298 e. The summed E-state index contributed by atoms with van der Waals surface area (Å²) in [6.07, 6.45) is 1.30. The lowest BCUT2D eigenvalue weighted by atomic mass is 10.1. The average molecular weight is 399 g/mol. The molecule has 3 heterocycles. The number of sulfone groups is 1. The second-order valence-corrected chi connectivity index (χ2v) is 12.1. The van der Waals surface area contributed by atoms with Gasteiger partial charge in [-0.15, -0.1) is 11.3 Å². The molecule has 130 valence electrons. The lowest BCUT2D eigenvalue weighted by Crippen LogP contribution is -2.53. The molecule has 0 N–H and O–H groups in total. The van der Waals surface area contributed by atoms with Crippen molar-refractivity contribution in [3.63, 3.8) is 0 Å². The Morgan fingerprint density at radius 1 is 1.09 bits per heavy atom. The van der Waals surface area contributed by atoms with Gasteiger partial charge >= 0.3 is 0 Å². The van der Waals surface area contributed by atoms with Gasteiger partial charge in [-0.25, -0.2) is 16.8 Å². The zero-order valence-electron chi connectivity index (χ0n) is 12.5. The fourth-order valence-electron chi connectivity index (χ4n) is 3.12. The normalized spacial score (nSPS) is 24.7. The fourth-order valence-corrected chi connectivity index (χ4v) is 7.64. The Hall–Kier alpha value is -0.190. The second kappa shape index (κ2) is 6.61. The van der Waals surface area contributed by atoms with E-state index in [0.29, 0.717) is 43.4 Å². The van der Waals surface area contributed by atoms with Crippen molar-refractivity contribution in [2.45, 2.75) is 23.1 Å². The average Bonchev–Trinajstić information content (AvgIpc) is 2.95. The zero-order valence-corrected chi connectivity index (χ0v) is 15.7. The van der Waals surface area contributed by atoms with Gasteiger partial charge in [0.15, 0.2) is 0 Å². The maximum atomic E-state index is 12.5. The first-order chi connectivity index (χ1) is 10.8. The SMILES string of the molecule is O=S1(=O)CCC(N2CCN(S(=O)(=O)c3ccc(Cl)s3)CC2)CC1. The Kier molecular flexibility index (Phi) is 5.06. The third-order valence-corrected chi connectivity index (χ3v) is 9.77. The molecule has 0 amide bonds. The molecular formula is C13H19ClN2O4S3. The summed E-state index contributed by atoms with van der Waals surface area (Å²) < 4.78 is 50.3. The molecule has 0 unspecified atom stereocenters. The van der Waals surface area contributed by atoms with Gasteiger partial charge in [-0.2, -0.15) is 4.31 Å². The van der Waals surface area contributed by atoms with E-state index in [2.05, 4.69) is 4.90 Å². The van der Waals surface area contributed by atoms with Crippen molar-refractivity contribution in [2.75, 3.05) is 37.7 Å². The van der Waals surface area contributed by atoms with Crippen LogP contribution in [-0.2, 0) is 19.9 Å². The quantitative estimate of drug-likeness (QED) is 0.766. The van der Waals surface area contributed by atoms with Crippen LogP contribution in [0.15, 0.2) is 16.3 Å². The first-order valence-corrected chi connectivity index (χ1v) is 11.9. The summed E-state index contributed by atoms with van der Waals surface area (Å²) in [4.78, 5) is 2.22. The van der Waals surface area contributed by atoms with Crippen molar-refractivity contribution >= 4 is 42.8 Å². The van der Waals surface area contributed by atoms with Gasteiger partial charge in [0.2, 0.25) is 0 Å². The van der Waals surface area contributed by atoms with Crippen molar-refractivity contribution < 1.29 is 16.8 Å². The van der Waals surface area contributed by atoms with E-state index >= 15 is 0 Å². The van der Waals surface area contributed by atoms with Crippen LogP contribution in [-0.4, -0.2) is 69.8 Å². The predicted molar refractivity (Wildman–Crippen MR) is 91.3 cm³/mol. The molecule has 3 rings (SSSR count). The van der Waals surface area contributed by atoms with Crippen molar-refractivity contribution in [2.24, 2.45) is 0 Å². The predicted octanol–water partition coefficient (Wildman–Crippen LogP) is 1.29. The molecule has 0 radical (unpaired) electrons. The zero-order chi connectivity index (χ0) is 16.7. The molecule has 2 aliphatic rings. The van der Waals surface area contributed by atoms with Crippen LogP contribution >= 0.6 is 22.9 Å². The van der Waals surface area contributed by atoms with E-state index in [-0.39, 0.29) is 21.8 Å². The summed E-state index contributed by atoms with van der Waals surface area (Å²) in [7, 11) is -6.34. The van der Waals surface area contributed by atoms with Crippen LogP contribution in [0.5, 0.6) is 0 Å². The highest BCUT2D eigenvalue weighted by molar-refractivity contribution is 7.91. The summed E-state index contributed by atoms with van der Waals surface area (Å²) >= 11 is 6.90. The maximum Gasteiger partial charge on any atom is 0.252 e. The molecule has 0 aromatic carbocycles. The van der Waals surface area contributed by atoms with Gasteiger partial charge in [0.05, 0.1) is 15.8 Å². The van der Waals surface area contributed by atoms with Crippen LogP contribution < -0.4 is 0 Å². The molecule has 2 saturated heterocycles. The highest BCUT2D eigenvalue weighted by atomic mass is 35.5. The Morgan fingerprint density at radius 2 is 1.70 bits per heavy atom. The third-order valence-electron chi connectivity index (χ3n) is 4.46. The van der Waals surface area contributed by atoms with Crippen LogP contribution in [0.2, 0.25) is 4.34 Å². The highest BCUT2D eigenvalue weighted by Gasteiger charge is 2.34. The number of sulfonamides is 1. The maximum absolute atomic E-state index is 12.5. The van der Waals surface area contributed by atoms with Gasteiger partial charge in [-0.3, -0.25) is 4.90 Å². The molecule has 1 aromatic rings. The smallest absolute Gasteiger partial charge is 0.252 e. The monoisotopic (exact) mass is 398 g/mol. The molecule has 23 heavy (non-hydrogen) atoms. The van der Waals surface area contributed by atoms with Gasteiger partial charge in [-0.1, -0.05) is 11.6 Å². The van der Waals surface area contributed by atoms with E-state index in [4.69, 9.17) is 11.6 Å². The molecule has 0 spiro atoms. The van der Waals surface area contributed by atoms with Crippen LogP contribution in [0.3, 0.4) is 0 Å². The second-order valence-electron chi connectivity index (χ2n) is 5.88. The van der Waals surface area contributed by atoms with Crippen LogP contribution in [0.1, 0.15) is 12.8 Å². The number of hydrogen-bond donors (Lipinski definition) is 0. The van der Waals surface area contributed by atoms with Crippen molar-refractivity contribution in [3.8, 4) is 0 Å².